The molecule has 4 aromatic carbocycles. The van der Waals surface area contributed by atoms with Crippen LogP contribution in [0.3, 0.4) is 0 Å². The summed E-state index contributed by atoms with van der Waals surface area (Å²) < 4.78 is 5.66. The fraction of sp³-hybridized carbons (Fsp3) is 0.115. The van der Waals surface area contributed by atoms with Crippen LogP contribution >= 0.6 is 0 Å². The number of aliphatic hydroxyl groups is 1. The normalized spacial score (nSPS) is 12.4. The van der Waals surface area contributed by atoms with E-state index < -0.39 is 6.09 Å². The van der Waals surface area contributed by atoms with E-state index in [9.17, 15) is 9.90 Å². The minimum atomic E-state index is -0.525. The molecule has 0 radical (unpaired) electrons. The molecule has 148 valence electrons. The maximum atomic E-state index is 12.7. The van der Waals surface area contributed by atoms with Crippen LogP contribution in [-0.4, -0.2) is 17.8 Å². The topological polar surface area (TPSA) is 58.6 Å². The van der Waals surface area contributed by atoms with Gasteiger partial charge in [-0.15, -0.1) is 0 Å². The Morgan fingerprint density at radius 2 is 1.47 bits per heavy atom. The molecule has 0 fully saturated rings. The van der Waals surface area contributed by atoms with E-state index in [0.717, 1.165) is 10.8 Å². The lowest BCUT2D eigenvalue weighted by atomic mass is 9.98. The Balaban J connectivity index is 1.39. The smallest absolute Gasteiger partial charge is 0.411 e. The molecule has 4 heteroatoms. The van der Waals surface area contributed by atoms with Crippen LogP contribution in [0.1, 0.15) is 22.6 Å². The van der Waals surface area contributed by atoms with Crippen molar-refractivity contribution in [1.82, 2.24) is 0 Å². The highest BCUT2D eigenvalue weighted by molar-refractivity contribution is 6.01. The summed E-state index contributed by atoms with van der Waals surface area (Å²) in [5, 5.41) is 14.4. The lowest BCUT2D eigenvalue weighted by Gasteiger charge is -2.16. The zero-order chi connectivity index (χ0) is 20.5. The average molecular weight is 395 g/mol. The van der Waals surface area contributed by atoms with Gasteiger partial charge < -0.3 is 9.84 Å². The lowest BCUT2D eigenvalue weighted by Crippen LogP contribution is -2.19. The van der Waals surface area contributed by atoms with Crippen molar-refractivity contribution in [3.63, 3.8) is 0 Å². The third-order valence-corrected chi connectivity index (χ3v) is 5.76. The second-order valence-corrected chi connectivity index (χ2v) is 7.43. The molecule has 1 aliphatic carbocycles. The summed E-state index contributed by atoms with van der Waals surface area (Å²) in [5.74, 6) is 0.00739. The second kappa shape index (κ2) is 7.65. The summed E-state index contributed by atoms with van der Waals surface area (Å²) in [5.41, 5.74) is 5.98. The SMILES string of the molecule is O=C(Nc1c(CO)ccc2ccccc12)OCC1c2ccccc2-c2ccccc21. The number of nitrogens with one attached hydrogen (secondary N) is 1. The predicted octanol–water partition coefficient (Wildman–Crippen LogP) is 5.69. The van der Waals surface area contributed by atoms with Gasteiger partial charge in [0.25, 0.3) is 0 Å². The first-order chi connectivity index (χ1) is 14.8. The maximum Gasteiger partial charge on any atom is 0.411 e. The highest BCUT2D eigenvalue weighted by Gasteiger charge is 2.29. The Labute approximate surface area is 174 Å². The molecular weight excluding hydrogens is 374 g/mol. The fourth-order valence-corrected chi connectivity index (χ4v) is 4.33. The van der Waals surface area contributed by atoms with Gasteiger partial charge in [0, 0.05) is 16.9 Å². The van der Waals surface area contributed by atoms with Crippen molar-refractivity contribution in [2.24, 2.45) is 0 Å². The van der Waals surface area contributed by atoms with Crippen LogP contribution in [0.2, 0.25) is 0 Å². The fourth-order valence-electron chi connectivity index (χ4n) is 4.33. The highest BCUT2D eigenvalue weighted by atomic mass is 16.5. The van der Waals surface area contributed by atoms with E-state index in [1.54, 1.807) is 0 Å². The third kappa shape index (κ3) is 3.11. The summed E-state index contributed by atoms with van der Waals surface area (Å²) in [7, 11) is 0. The molecule has 4 nitrogen and oxygen atoms in total. The van der Waals surface area contributed by atoms with Crippen LogP contribution in [0.15, 0.2) is 84.9 Å². The van der Waals surface area contributed by atoms with Crippen LogP contribution in [0.4, 0.5) is 10.5 Å². The van der Waals surface area contributed by atoms with Crippen LogP contribution < -0.4 is 5.32 Å². The number of rotatable bonds is 4. The molecular formula is C26H21NO3. The number of carbonyl (C=O) groups excluding carboxylic acids is 1. The number of aliphatic hydroxyl groups excluding tert-OH is 1. The first kappa shape index (κ1) is 18.4. The Bertz CT molecular complexity index is 1200. The number of benzene rings is 4. The molecule has 0 unspecified atom stereocenters. The first-order valence-corrected chi connectivity index (χ1v) is 10.00. The number of carbonyl (C=O) groups is 1. The first-order valence-electron chi connectivity index (χ1n) is 10.00. The zero-order valence-electron chi connectivity index (χ0n) is 16.3. The van der Waals surface area contributed by atoms with Crippen LogP contribution in [-0.2, 0) is 11.3 Å². The van der Waals surface area contributed by atoms with E-state index in [0.29, 0.717) is 11.3 Å². The molecule has 30 heavy (non-hydrogen) atoms. The quantitative estimate of drug-likeness (QED) is 0.466. The van der Waals surface area contributed by atoms with Gasteiger partial charge in [-0.2, -0.15) is 0 Å². The van der Waals surface area contributed by atoms with Crippen molar-refractivity contribution in [3.8, 4) is 11.1 Å². The second-order valence-electron chi connectivity index (χ2n) is 7.43. The van der Waals surface area contributed by atoms with Crippen molar-refractivity contribution < 1.29 is 14.6 Å². The lowest BCUT2D eigenvalue weighted by molar-refractivity contribution is 0.158. The molecule has 1 aliphatic rings. The van der Waals surface area contributed by atoms with E-state index in [4.69, 9.17) is 4.74 Å². The standard InChI is InChI=1S/C26H21NO3/c28-15-18-14-13-17-7-1-2-8-19(17)25(18)27-26(29)30-16-24-22-11-5-3-9-20(22)21-10-4-6-12-23(21)24/h1-14,24,28H,15-16H2,(H,27,29). The van der Waals surface area contributed by atoms with Gasteiger partial charge in [0.2, 0.25) is 0 Å². The minimum absolute atomic E-state index is 0.00739. The molecule has 2 N–H and O–H groups in total. The molecule has 0 saturated heterocycles. The molecule has 0 bridgehead atoms. The Kier molecular flexibility index (Phi) is 4.69. The summed E-state index contributed by atoms with van der Waals surface area (Å²) >= 11 is 0. The molecule has 0 aromatic heterocycles. The van der Waals surface area contributed by atoms with Crippen molar-refractivity contribution in [1.29, 1.82) is 0 Å². The molecule has 0 atom stereocenters. The predicted molar refractivity (Wildman–Crippen MR) is 119 cm³/mol. The summed E-state index contributed by atoms with van der Waals surface area (Å²) in [6.45, 7) is 0.0862. The highest BCUT2D eigenvalue weighted by Crippen LogP contribution is 2.44. The third-order valence-electron chi connectivity index (χ3n) is 5.76. The molecule has 0 aliphatic heterocycles. The Morgan fingerprint density at radius 3 is 2.17 bits per heavy atom. The number of amides is 1. The average Bonchev–Trinajstić information content (AvgIpc) is 3.12. The Morgan fingerprint density at radius 1 is 0.833 bits per heavy atom. The van der Waals surface area contributed by atoms with E-state index in [2.05, 4.69) is 29.6 Å². The van der Waals surface area contributed by atoms with Crippen LogP contribution in [0, 0.1) is 0 Å². The maximum absolute atomic E-state index is 12.7. The number of hydrogen-bond donors (Lipinski definition) is 2. The van der Waals surface area contributed by atoms with E-state index in [-0.39, 0.29) is 19.1 Å². The van der Waals surface area contributed by atoms with E-state index in [1.807, 2.05) is 60.7 Å². The molecule has 0 spiro atoms. The summed E-state index contributed by atoms with van der Waals surface area (Å²) in [6, 6.07) is 28.0. The van der Waals surface area contributed by atoms with Crippen LogP contribution in [0.25, 0.3) is 21.9 Å². The Hall–Kier alpha value is -3.63. The van der Waals surface area contributed by atoms with Crippen LogP contribution in [0.5, 0.6) is 0 Å². The molecule has 1 amide bonds. The minimum Gasteiger partial charge on any atom is -0.448 e. The van der Waals surface area contributed by atoms with Gasteiger partial charge in [-0.3, -0.25) is 5.32 Å². The largest absolute Gasteiger partial charge is 0.448 e. The van der Waals surface area contributed by atoms with Gasteiger partial charge in [0.1, 0.15) is 6.61 Å². The molecule has 4 aromatic rings. The number of fused-ring (bicyclic) bond motifs is 4. The van der Waals surface area contributed by atoms with Crippen molar-refractivity contribution in [3.05, 3.63) is 102 Å². The summed E-state index contributed by atoms with van der Waals surface area (Å²) in [4.78, 5) is 12.7. The summed E-state index contributed by atoms with van der Waals surface area (Å²) in [6.07, 6.45) is -0.525. The monoisotopic (exact) mass is 395 g/mol. The van der Waals surface area contributed by atoms with Gasteiger partial charge in [0.15, 0.2) is 0 Å². The van der Waals surface area contributed by atoms with Crippen molar-refractivity contribution in [2.75, 3.05) is 11.9 Å². The zero-order valence-corrected chi connectivity index (χ0v) is 16.3. The van der Waals surface area contributed by atoms with Crippen molar-refractivity contribution in [2.45, 2.75) is 12.5 Å². The van der Waals surface area contributed by atoms with Gasteiger partial charge in [-0.25, -0.2) is 4.79 Å². The van der Waals surface area contributed by atoms with Crippen molar-refractivity contribution >= 4 is 22.6 Å². The molecule has 0 saturated carbocycles. The van der Waals surface area contributed by atoms with Gasteiger partial charge in [-0.05, 0) is 27.6 Å². The number of hydrogen-bond acceptors (Lipinski definition) is 3. The van der Waals surface area contributed by atoms with E-state index in [1.165, 1.54) is 22.3 Å². The van der Waals surface area contributed by atoms with E-state index >= 15 is 0 Å². The molecule has 0 heterocycles. The van der Waals surface area contributed by atoms with Gasteiger partial charge in [-0.1, -0.05) is 84.9 Å². The van der Waals surface area contributed by atoms with Gasteiger partial charge in [0.05, 0.1) is 12.3 Å². The number of anilines is 1. The number of ether oxygens (including phenoxy) is 1. The van der Waals surface area contributed by atoms with Gasteiger partial charge >= 0.3 is 6.09 Å². The molecule has 5 rings (SSSR count).